The van der Waals surface area contributed by atoms with Crippen molar-refractivity contribution in [3.63, 3.8) is 0 Å². The van der Waals surface area contributed by atoms with E-state index >= 15 is 0 Å². The average Bonchev–Trinajstić information content (AvgIpc) is 2.91. The van der Waals surface area contributed by atoms with Crippen molar-refractivity contribution < 1.29 is 9.47 Å². The Labute approximate surface area is 132 Å². The Morgan fingerprint density at radius 2 is 2.14 bits per heavy atom. The van der Waals surface area contributed by atoms with Crippen LogP contribution in [0.3, 0.4) is 0 Å². The highest BCUT2D eigenvalue weighted by Gasteiger charge is 2.23. The van der Waals surface area contributed by atoms with Gasteiger partial charge in [-0.2, -0.15) is 0 Å². The van der Waals surface area contributed by atoms with Crippen molar-refractivity contribution in [1.82, 2.24) is 0 Å². The van der Waals surface area contributed by atoms with Crippen molar-refractivity contribution in [3.05, 3.63) is 28.8 Å². The normalized spacial score (nSPS) is 17.8. The first-order chi connectivity index (χ1) is 10.1. The van der Waals surface area contributed by atoms with Crippen molar-refractivity contribution in [2.75, 3.05) is 31.7 Å². The van der Waals surface area contributed by atoms with Gasteiger partial charge in [0.25, 0.3) is 0 Å². The predicted molar refractivity (Wildman–Crippen MR) is 89.6 cm³/mol. The number of benzene rings is 1. The molecular weight excluding hydrogens is 286 g/mol. The molecule has 0 bridgehead atoms. The molecule has 1 aliphatic rings. The summed E-state index contributed by atoms with van der Waals surface area (Å²) in [6, 6.07) is 4.03. The van der Waals surface area contributed by atoms with Gasteiger partial charge >= 0.3 is 0 Å². The summed E-state index contributed by atoms with van der Waals surface area (Å²) >= 11 is 6.73. The third kappa shape index (κ3) is 3.19. The van der Waals surface area contributed by atoms with Crippen LogP contribution >= 0.6 is 11.6 Å². The van der Waals surface area contributed by atoms with Crippen LogP contribution in [0.5, 0.6) is 5.75 Å². The third-order valence-corrected chi connectivity index (χ3v) is 4.27. The summed E-state index contributed by atoms with van der Waals surface area (Å²) in [5, 5.41) is 0.758. The first kappa shape index (κ1) is 16.2. The summed E-state index contributed by atoms with van der Waals surface area (Å²) < 4.78 is 11.1. The Kier molecular flexibility index (Phi) is 5.54. The highest BCUT2D eigenvalue weighted by molar-refractivity contribution is 6.35. The van der Waals surface area contributed by atoms with Gasteiger partial charge in [-0.1, -0.05) is 24.6 Å². The third-order valence-electron chi connectivity index (χ3n) is 3.89. The fourth-order valence-electron chi connectivity index (χ4n) is 2.79. The average molecular weight is 310 g/mol. The van der Waals surface area contributed by atoms with E-state index in [-0.39, 0.29) is 6.10 Å². The van der Waals surface area contributed by atoms with E-state index in [1.54, 1.807) is 7.11 Å². The first-order valence-corrected chi connectivity index (χ1v) is 7.95. The Balaban J connectivity index is 2.51. The molecule has 0 N–H and O–H groups in total. The summed E-state index contributed by atoms with van der Waals surface area (Å²) in [5.74, 6) is 0.825. The summed E-state index contributed by atoms with van der Waals surface area (Å²) in [6.45, 7) is 8.88. The lowest BCUT2D eigenvalue weighted by molar-refractivity contribution is 0.147. The van der Waals surface area contributed by atoms with Crippen molar-refractivity contribution in [2.24, 2.45) is 0 Å². The number of hydrogen-bond donors (Lipinski definition) is 0. The van der Waals surface area contributed by atoms with Gasteiger partial charge in [0.05, 0.1) is 30.5 Å². The van der Waals surface area contributed by atoms with Gasteiger partial charge in [-0.3, -0.25) is 0 Å². The SMILES string of the molecule is CCCN(CC)c1c(OC)ccc(C2=CCOC2C)c1Cl. The lowest BCUT2D eigenvalue weighted by atomic mass is 10.0. The van der Waals surface area contributed by atoms with Gasteiger partial charge in [0.2, 0.25) is 0 Å². The molecule has 1 aromatic carbocycles. The summed E-state index contributed by atoms with van der Waals surface area (Å²) in [6.07, 6.45) is 3.27. The van der Waals surface area contributed by atoms with Crippen LogP contribution in [0, 0.1) is 0 Å². The molecule has 1 atom stereocenters. The zero-order chi connectivity index (χ0) is 15.4. The maximum Gasteiger partial charge on any atom is 0.143 e. The molecule has 2 rings (SSSR count). The van der Waals surface area contributed by atoms with Gasteiger partial charge in [0, 0.05) is 18.7 Å². The summed E-state index contributed by atoms with van der Waals surface area (Å²) in [5.41, 5.74) is 3.20. The number of ether oxygens (including phenoxy) is 2. The lowest BCUT2D eigenvalue weighted by Gasteiger charge is -2.27. The molecule has 1 heterocycles. The second kappa shape index (κ2) is 7.19. The quantitative estimate of drug-likeness (QED) is 0.778. The second-order valence-corrected chi connectivity index (χ2v) is 5.57. The van der Waals surface area contributed by atoms with Crippen LogP contribution in [0.4, 0.5) is 5.69 Å². The minimum absolute atomic E-state index is 0.0880. The molecule has 116 valence electrons. The van der Waals surface area contributed by atoms with Gasteiger partial charge in [-0.05, 0) is 38.0 Å². The minimum Gasteiger partial charge on any atom is -0.495 e. The molecule has 0 fully saturated rings. The van der Waals surface area contributed by atoms with Crippen LogP contribution in [0.15, 0.2) is 18.2 Å². The van der Waals surface area contributed by atoms with Crippen molar-refractivity contribution in [3.8, 4) is 5.75 Å². The van der Waals surface area contributed by atoms with Crippen LogP contribution in [0.1, 0.15) is 32.8 Å². The van der Waals surface area contributed by atoms with Crippen LogP contribution in [0.2, 0.25) is 5.02 Å². The predicted octanol–water partition coefficient (Wildman–Crippen LogP) is 4.39. The van der Waals surface area contributed by atoms with Gasteiger partial charge < -0.3 is 14.4 Å². The van der Waals surface area contributed by atoms with E-state index in [0.717, 1.165) is 47.1 Å². The molecule has 0 saturated carbocycles. The van der Waals surface area contributed by atoms with Gasteiger partial charge in [0.15, 0.2) is 0 Å². The molecule has 1 aromatic rings. The number of anilines is 1. The first-order valence-electron chi connectivity index (χ1n) is 7.57. The molecule has 3 nitrogen and oxygen atoms in total. The molecule has 21 heavy (non-hydrogen) atoms. The van der Waals surface area contributed by atoms with E-state index < -0.39 is 0 Å². The van der Waals surface area contributed by atoms with E-state index in [9.17, 15) is 0 Å². The zero-order valence-corrected chi connectivity index (χ0v) is 14.0. The maximum atomic E-state index is 6.73. The summed E-state index contributed by atoms with van der Waals surface area (Å²) in [7, 11) is 1.69. The smallest absolute Gasteiger partial charge is 0.143 e. The maximum absolute atomic E-state index is 6.73. The second-order valence-electron chi connectivity index (χ2n) is 5.19. The van der Waals surface area contributed by atoms with Crippen LogP contribution < -0.4 is 9.64 Å². The molecule has 1 aliphatic heterocycles. The molecule has 1 unspecified atom stereocenters. The van der Waals surface area contributed by atoms with Crippen molar-refractivity contribution in [2.45, 2.75) is 33.3 Å². The summed E-state index contributed by atoms with van der Waals surface area (Å²) in [4.78, 5) is 2.27. The number of nitrogens with zero attached hydrogens (tertiary/aromatic N) is 1. The highest BCUT2D eigenvalue weighted by atomic mass is 35.5. The Morgan fingerprint density at radius 3 is 2.67 bits per heavy atom. The van der Waals surface area contributed by atoms with Crippen LogP contribution in [-0.4, -0.2) is 32.9 Å². The molecule has 0 radical (unpaired) electrons. The fraction of sp³-hybridized carbons (Fsp3) is 0.529. The molecule has 4 heteroatoms. The van der Waals surface area contributed by atoms with Gasteiger partial charge in [-0.15, -0.1) is 0 Å². The topological polar surface area (TPSA) is 21.7 Å². The molecule has 0 aliphatic carbocycles. The molecule has 0 amide bonds. The van der Waals surface area contributed by atoms with E-state index in [4.69, 9.17) is 21.1 Å². The van der Waals surface area contributed by atoms with Crippen LogP contribution in [0.25, 0.3) is 5.57 Å². The number of rotatable bonds is 6. The number of hydrogen-bond acceptors (Lipinski definition) is 3. The van der Waals surface area contributed by atoms with Crippen LogP contribution in [-0.2, 0) is 4.74 Å². The zero-order valence-electron chi connectivity index (χ0n) is 13.3. The lowest BCUT2D eigenvalue weighted by Crippen LogP contribution is -2.24. The Hall–Kier alpha value is -1.19. The number of halogens is 1. The van der Waals surface area contributed by atoms with Gasteiger partial charge in [-0.25, -0.2) is 0 Å². The van der Waals surface area contributed by atoms with Gasteiger partial charge in [0.1, 0.15) is 5.75 Å². The monoisotopic (exact) mass is 309 g/mol. The highest BCUT2D eigenvalue weighted by Crippen LogP contribution is 2.42. The minimum atomic E-state index is 0.0880. The largest absolute Gasteiger partial charge is 0.495 e. The van der Waals surface area contributed by atoms with E-state index in [1.165, 1.54) is 0 Å². The van der Waals surface area contributed by atoms with E-state index in [0.29, 0.717) is 6.61 Å². The van der Waals surface area contributed by atoms with Crippen molar-refractivity contribution in [1.29, 1.82) is 0 Å². The standard InChI is InChI=1S/C17H24ClNO2/c1-5-10-19(6-2)17-15(20-4)8-7-14(16(17)18)13-9-11-21-12(13)3/h7-9,12H,5-6,10-11H2,1-4H3. The van der Waals surface area contributed by atoms with E-state index in [2.05, 4.69) is 31.7 Å². The number of methoxy groups -OCH3 is 1. The Morgan fingerprint density at radius 1 is 1.38 bits per heavy atom. The molecule has 0 aromatic heterocycles. The Bertz CT molecular complexity index is 528. The van der Waals surface area contributed by atoms with E-state index in [1.807, 2.05) is 12.1 Å². The molecule has 0 saturated heterocycles. The van der Waals surface area contributed by atoms with Crippen molar-refractivity contribution >= 4 is 22.9 Å². The molecule has 0 spiro atoms. The molecular formula is C17H24ClNO2. The fourth-order valence-corrected chi connectivity index (χ4v) is 3.18.